The number of nitrogens with zero attached hydrogens (tertiary/aromatic N) is 5. The lowest BCUT2D eigenvalue weighted by molar-refractivity contribution is -0.132. The summed E-state index contributed by atoms with van der Waals surface area (Å²) in [6.07, 6.45) is 3.76. The van der Waals surface area contributed by atoms with E-state index in [1.54, 1.807) is 30.2 Å². The molecule has 1 aliphatic rings. The van der Waals surface area contributed by atoms with Crippen molar-refractivity contribution >= 4 is 28.7 Å². The summed E-state index contributed by atoms with van der Waals surface area (Å²) < 4.78 is 12.9. The van der Waals surface area contributed by atoms with Gasteiger partial charge in [0.15, 0.2) is 5.82 Å². The molecule has 0 aliphatic carbocycles. The van der Waals surface area contributed by atoms with Crippen LogP contribution in [0.5, 0.6) is 11.6 Å². The van der Waals surface area contributed by atoms with Crippen molar-refractivity contribution in [2.24, 2.45) is 0 Å². The fraction of sp³-hybridized carbons (Fsp3) is 0.320. The summed E-state index contributed by atoms with van der Waals surface area (Å²) in [5.74, 6) is 2.34. The molecule has 1 atom stereocenters. The number of amides is 2. The van der Waals surface area contributed by atoms with Gasteiger partial charge in [0.25, 0.3) is 0 Å². The van der Waals surface area contributed by atoms with E-state index >= 15 is 0 Å². The Morgan fingerprint density at radius 1 is 1.20 bits per heavy atom. The predicted octanol–water partition coefficient (Wildman–Crippen LogP) is 4.71. The third-order valence-corrected chi connectivity index (χ3v) is 6.18. The Bertz CT molecular complexity index is 1420. The van der Waals surface area contributed by atoms with Gasteiger partial charge in [-0.25, -0.2) is 14.8 Å². The van der Waals surface area contributed by atoms with Crippen LogP contribution in [0, 0.1) is 0 Å². The molecule has 1 aliphatic heterocycles. The van der Waals surface area contributed by atoms with E-state index in [0.29, 0.717) is 36.2 Å². The van der Waals surface area contributed by atoms with Gasteiger partial charge in [-0.2, -0.15) is 0 Å². The molecule has 180 valence electrons. The van der Waals surface area contributed by atoms with Gasteiger partial charge >= 0.3 is 6.03 Å². The number of benzene rings is 1. The van der Waals surface area contributed by atoms with E-state index in [1.807, 2.05) is 39.0 Å². The van der Waals surface area contributed by atoms with E-state index < -0.39 is 0 Å². The molecule has 2 amide bonds. The summed E-state index contributed by atoms with van der Waals surface area (Å²) in [6, 6.07) is 8.72. The van der Waals surface area contributed by atoms with Crippen molar-refractivity contribution in [2.75, 3.05) is 5.32 Å². The molecule has 0 radical (unpaired) electrons. The molecule has 10 nitrogen and oxygen atoms in total. The molecule has 0 saturated carbocycles. The Kier molecular flexibility index (Phi) is 5.72. The molecule has 1 aromatic carbocycles. The molecule has 0 spiro atoms. The van der Waals surface area contributed by atoms with Crippen LogP contribution < -0.4 is 10.1 Å². The molecule has 5 rings (SSSR count). The van der Waals surface area contributed by atoms with Gasteiger partial charge in [-0.1, -0.05) is 19.0 Å². The number of hydrogen-bond acceptors (Lipinski definition) is 7. The lowest BCUT2D eigenvalue weighted by Crippen LogP contribution is -2.41. The zero-order chi connectivity index (χ0) is 24.7. The summed E-state index contributed by atoms with van der Waals surface area (Å²) in [7, 11) is 0. The molecule has 35 heavy (non-hydrogen) atoms. The first-order valence-corrected chi connectivity index (χ1v) is 11.5. The van der Waals surface area contributed by atoms with Gasteiger partial charge in [-0.15, -0.1) is 0 Å². The van der Waals surface area contributed by atoms with Crippen molar-refractivity contribution in [3.8, 4) is 11.6 Å². The van der Waals surface area contributed by atoms with Gasteiger partial charge in [0.05, 0.1) is 17.8 Å². The second kappa shape index (κ2) is 8.86. The van der Waals surface area contributed by atoms with Crippen molar-refractivity contribution in [2.45, 2.75) is 52.6 Å². The highest BCUT2D eigenvalue weighted by atomic mass is 16.5. The van der Waals surface area contributed by atoms with Gasteiger partial charge < -0.3 is 14.2 Å². The van der Waals surface area contributed by atoms with Crippen LogP contribution in [0.2, 0.25) is 0 Å². The number of nitrogens with one attached hydrogen (secondary N) is 1. The van der Waals surface area contributed by atoms with Crippen molar-refractivity contribution < 1.29 is 18.8 Å². The number of carbonyl (C=O) groups is 2. The average Bonchev–Trinajstić information content (AvgIpc) is 3.46. The number of aromatic nitrogens is 4. The molecule has 4 aromatic rings. The molecule has 1 N–H and O–H groups in total. The topological polar surface area (TPSA) is 115 Å². The van der Waals surface area contributed by atoms with Gasteiger partial charge in [0.1, 0.15) is 17.8 Å². The first-order chi connectivity index (χ1) is 16.8. The van der Waals surface area contributed by atoms with Crippen LogP contribution in [0.4, 0.5) is 10.6 Å². The maximum absolute atomic E-state index is 12.8. The van der Waals surface area contributed by atoms with Crippen molar-refractivity contribution in [1.29, 1.82) is 0 Å². The van der Waals surface area contributed by atoms with Crippen LogP contribution in [0.3, 0.4) is 0 Å². The van der Waals surface area contributed by atoms with Crippen LogP contribution in [0.1, 0.15) is 50.6 Å². The SMILES string of the molecule is CC(=O)N1Cc2ncnc(Oc3ccc4c(ccn4C(=O)Nc4cc(C(C)C)on4)c3)c2CC1C. The number of ether oxygens (including phenoxy) is 1. The first-order valence-electron chi connectivity index (χ1n) is 11.5. The molecule has 10 heteroatoms. The molecular formula is C25H26N6O4. The van der Waals surface area contributed by atoms with Gasteiger partial charge in [-0.05, 0) is 37.6 Å². The lowest BCUT2D eigenvalue weighted by Gasteiger charge is -2.33. The number of anilines is 1. The number of fused-ring (bicyclic) bond motifs is 2. The van der Waals surface area contributed by atoms with Gasteiger partial charge in [-0.3, -0.25) is 14.7 Å². The monoisotopic (exact) mass is 474 g/mol. The first kappa shape index (κ1) is 22.6. The quantitative estimate of drug-likeness (QED) is 0.455. The van der Waals surface area contributed by atoms with Gasteiger partial charge in [0.2, 0.25) is 11.8 Å². The number of carbonyl (C=O) groups excluding carboxylic acids is 2. The summed E-state index contributed by atoms with van der Waals surface area (Å²) in [4.78, 5) is 35.2. The second-order valence-electron chi connectivity index (χ2n) is 9.01. The van der Waals surface area contributed by atoms with Crippen LogP contribution >= 0.6 is 0 Å². The predicted molar refractivity (Wildman–Crippen MR) is 128 cm³/mol. The van der Waals surface area contributed by atoms with E-state index in [9.17, 15) is 9.59 Å². The minimum Gasteiger partial charge on any atom is -0.439 e. The Morgan fingerprint density at radius 2 is 2.03 bits per heavy atom. The molecule has 0 bridgehead atoms. The second-order valence-corrected chi connectivity index (χ2v) is 9.01. The lowest BCUT2D eigenvalue weighted by atomic mass is 9.99. The Balaban J connectivity index is 1.36. The standard InChI is InChI=1S/C25H26N6O4/c1-14(2)22-11-23(29-35-22)28-25(33)30-8-7-17-10-18(5-6-21(17)30)34-24-19-9-15(3)31(16(4)32)12-20(19)26-13-27-24/h5-8,10-11,13-15H,9,12H2,1-4H3,(H,28,29,33). The Labute approximate surface area is 201 Å². The maximum atomic E-state index is 12.8. The van der Waals surface area contributed by atoms with Crippen molar-refractivity contribution in [3.05, 3.63) is 59.9 Å². The van der Waals surface area contributed by atoms with Crippen LogP contribution in [0.15, 0.2) is 47.4 Å². The zero-order valence-corrected chi connectivity index (χ0v) is 20.0. The van der Waals surface area contributed by atoms with Gasteiger partial charge in [0, 0.05) is 42.1 Å². The number of rotatable bonds is 4. The normalized spacial score (nSPS) is 15.3. The minimum atomic E-state index is -0.342. The summed E-state index contributed by atoms with van der Waals surface area (Å²) in [5, 5.41) is 7.50. The zero-order valence-electron chi connectivity index (χ0n) is 20.0. The molecular weight excluding hydrogens is 448 g/mol. The average molecular weight is 475 g/mol. The molecule has 3 aromatic heterocycles. The molecule has 4 heterocycles. The maximum Gasteiger partial charge on any atom is 0.331 e. The van der Waals surface area contributed by atoms with E-state index in [0.717, 1.165) is 22.2 Å². The van der Waals surface area contributed by atoms with E-state index in [4.69, 9.17) is 9.26 Å². The highest BCUT2D eigenvalue weighted by molar-refractivity contribution is 5.98. The van der Waals surface area contributed by atoms with Crippen LogP contribution in [0.25, 0.3) is 10.9 Å². The Morgan fingerprint density at radius 3 is 2.77 bits per heavy atom. The third kappa shape index (κ3) is 4.34. The number of hydrogen-bond donors (Lipinski definition) is 1. The Hall–Kier alpha value is -4.21. The highest BCUT2D eigenvalue weighted by Gasteiger charge is 2.28. The minimum absolute atomic E-state index is 0.0205. The molecule has 1 unspecified atom stereocenters. The largest absolute Gasteiger partial charge is 0.439 e. The van der Waals surface area contributed by atoms with Crippen LogP contribution in [-0.2, 0) is 17.8 Å². The smallest absolute Gasteiger partial charge is 0.331 e. The summed E-state index contributed by atoms with van der Waals surface area (Å²) in [6.45, 7) is 7.99. The molecule has 0 fully saturated rings. The van der Waals surface area contributed by atoms with E-state index in [2.05, 4.69) is 20.4 Å². The summed E-state index contributed by atoms with van der Waals surface area (Å²) >= 11 is 0. The van der Waals surface area contributed by atoms with Crippen molar-refractivity contribution in [3.63, 3.8) is 0 Å². The fourth-order valence-corrected chi connectivity index (χ4v) is 4.27. The molecule has 0 saturated heterocycles. The van der Waals surface area contributed by atoms with E-state index in [-0.39, 0.29) is 23.9 Å². The fourth-order valence-electron chi connectivity index (χ4n) is 4.27. The van der Waals surface area contributed by atoms with Crippen LogP contribution in [-0.4, -0.2) is 42.6 Å². The van der Waals surface area contributed by atoms with Crippen molar-refractivity contribution in [1.82, 2.24) is 24.6 Å². The van der Waals surface area contributed by atoms with E-state index in [1.165, 1.54) is 10.9 Å². The third-order valence-electron chi connectivity index (χ3n) is 6.18. The summed E-state index contributed by atoms with van der Waals surface area (Å²) in [5.41, 5.74) is 2.42. The highest BCUT2D eigenvalue weighted by Crippen LogP contribution is 2.32.